The summed E-state index contributed by atoms with van der Waals surface area (Å²) in [7, 11) is 0. The molecule has 0 aliphatic heterocycles. The Bertz CT molecular complexity index is 499. The lowest BCUT2D eigenvalue weighted by atomic mass is 10.2. The number of pyridine rings is 1. The van der Waals surface area contributed by atoms with Crippen LogP contribution < -0.4 is 10.1 Å². The fourth-order valence-corrected chi connectivity index (χ4v) is 1.63. The van der Waals surface area contributed by atoms with Gasteiger partial charge in [0.05, 0.1) is 0 Å². The van der Waals surface area contributed by atoms with Gasteiger partial charge in [-0.3, -0.25) is 0 Å². The molecule has 1 heterocycles. The van der Waals surface area contributed by atoms with Gasteiger partial charge in [0.15, 0.2) is 0 Å². The summed E-state index contributed by atoms with van der Waals surface area (Å²) in [5.74, 6) is 1.32. The third-order valence-corrected chi connectivity index (χ3v) is 2.67. The second-order valence-electron chi connectivity index (χ2n) is 3.84. The standard InChI is InChI=1S/C14H15ClN2O/c1-2-16-10-11-7-8-17-14(9-11)18-13-5-3-12(15)4-6-13/h3-9,16H,2,10H2,1H3. The smallest absolute Gasteiger partial charge is 0.219 e. The number of halogens is 1. The normalized spacial score (nSPS) is 10.3. The average molecular weight is 263 g/mol. The third-order valence-electron chi connectivity index (χ3n) is 2.41. The Hall–Kier alpha value is -1.58. The van der Waals surface area contributed by atoms with Gasteiger partial charge < -0.3 is 10.1 Å². The molecule has 0 amide bonds. The predicted molar refractivity (Wildman–Crippen MR) is 73.1 cm³/mol. The largest absolute Gasteiger partial charge is 0.439 e. The molecular formula is C14H15ClN2O. The van der Waals surface area contributed by atoms with Gasteiger partial charge in [-0.25, -0.2) is 4.98 Å². The van der Waals surface area contributed by atoms with Crippen LogP contribution in [-0.2, 0) is 6.54 Å². The molecule has 2 rings (SSSR count). The van der Waals surface area contributed by atoms with E-state index in [0.29, 0.717) is 10.9 Å². The lowest BCUT2D eigenvalue weighted by Gasteiger charge is -2.07. The number of hydrogen-bond donors (Lipinski definition) is 1. The fourth-order valence-electron chi connectivity index (χ4n) is 1.51. The first-order chi connectivity index (χ1) is 8.78. The SMILES string of the molecule is CCNCc1ccnc(Oc2ccc(Cl)cc2)c1. The quantitative estimate of drug-likeness (QED) is 0.893. The molecule has 0 radical (unpaired) electrons. The number of benzene rings is 1. The summed E-state index contributed by atoms with van der Waals surface area (Å²) in [6.07, 6.45) is 1.75. The number of aromatic nitrogens is 1. The summed E-state index contributed by atoms with van der Waals surface area (Å²) < 4.78 is 5.66. The van der Waals surface area contributed by atoms with E-state index in [2.05, 4.69) is 17.2 Å². The van der Waals surface area contributed by atoms with Gasteiger partial charge in [0.1, 0.15) is 5.75 Å². The fraction of sp³-hybridized carbons (Fsp3) is 0.214. The summed E-state index contributed by atoms with van der Waals surface area (Å²) in [5, 5.41) is 3.95. The molecule has 94 valence electrons. The van der Waals surface area contributed by atoms with Crippen LogP contribution in [-0.4, -0.2) is 11.5 Å². The molecule has 0 saturated carbocycles. The van der Waals surface area contributed by atoms with Crippen LogP contribution in [0.15, 0.2) is 42.6 Å². The second-order valence-corrected chi connectivity index (χ2v) is 4.28. The van der Waals surface area contributed by atoms with Gasteiger partial charge in [0.2, 0.25) is 5.88 Å². The summed E-state index contributed by atoms with van der Waals surface area (Å²) >= 11 is 5.82. The number of rotatable bonds is 5. The van der Waals surface area contributed by atoms with E-state index in [1.807, 2.05) is 24.3 Å². The topological polar surface area (TPSA) is 34.2 Å². The molecule has 0 spiro atoms. The van der Waals surface area contributed by atoms with Crippen molar-refractivity contribution >= 4 is 11.6 Å². The van der Waals surface area contributed by atoms with E-state index >= 15 is 0 Å². The van der Waals surface area contributed by atoms with Crippen LogP contribution in [0.25, 0.3) is 0 Å². The first kappa shape index (κ1) is 12.9. The summed E-state index contributed by atoms with van der Waals surface area (Å²) in [4.78, 5) is 4.18. The maximum absolute atomic E-state index is 5.82. The molecule has 0 unspecified atom stereocenters. The zero-order chi connectivity index (χ0) is 12.8. The Morgan fingerprint density at radius 2 is 2.00 bits per heavy atom. The van der Waals surface area contributed by atoms with Crippen LogP contribution in [0, 0.1) is 0 Å². The molecule has 1 aromatic heterocycles. The molecule has 0 atom stereocenters. The van der Waals surface area contributed by atoms with Crippen LogP contribution in [0.1, 0.15) is 12.5 Å². The Labute approximate surface area is 112 Å². The zero-order valence-corrected chi connectivity index (χ0v) is 10.9. The first-order valence-electron chi connectivity index (χ1n) is 5.87. The van der Waals surface area contributed by atoms with Crippen molar-refractivity contribution in [3.8, 4) is 11.6 Å². The number of ether oxygens (including phenoxy) is 1. The Kier molecular flexibility index (Phi) is 4.56. The van der Waals surface area contributed by atoms with Gasteiger partial charge in [0, 0.05) is 23.8 Å². The molecule has 2 aromatic rings. The highest BCUT2D eigenvalue weighted by atomic mass is 35.5. The van der Waals surface area contributed by atoms with Crippen molar-refractivity contribution in [1.29, 1.82) is 0 Å². The molecule has 1 aromatic carbocycles. The number of nitrogens with one attached hydrogen (secondary N) is 1. The van der Waals surface area contributed by atoms with Gasteiger partial charge >= 0.3 is 0 Å². The molecule has 0 bridgehead atoms. The predicted octanol–water partition coefficient (Wildman–Crippen LogP) is 3.64. The lowest BCUT2D eigenvalue weighted by Crippen LogP contribution is -2.11. The van der Waals surface area contributed by atoms with E-state index in [1.54, 1.807) is 18.3 Å². The minimum absolute atomic E-state index is 0.590. The minimum Gasteiger partial charge on any atom is -0.439 e. The van der Waals surface area contributed by atoms with Crippen molar-refractivity contribution < 1.29 is 4.74 Å². The van der Waals surface area contributed by atoms with Gasteiger partial charge in [-0.2, -0.15) is 0 Å². The van der Waals surface area contributed by atoms with E-state index < -0.39 is 0 Å². The molecule has 0 fully saturated rings. The molecule has 3 nitrogen and oxygen atoms in total. The van der Waals surface area contributed by atoms with Crippen molar-refractivity contribution in [3.05, 3.63) is 53.2 Å². The maximum Gasteiger partial charge on any atom is 0.219 e. The van der Waals surface area contributed by atoms with Gasteiger partial charge in [-0.05, 0) is 42.4 Å². The Morgan fingerprint density at radius 3 is 2.72 bits per heavy atom. The van der Waals surface area contributed by atoms with E-state index in [4.69, 9.17) is 16.3 Å². The molecule has 0 aliphatic rings. The van der Waals surface area contributed by atoms with Crippen LogP contribution in [0.3, 0.4) is 0 Å². The van der Waals surface area contributed by atoms with Crippen molar-refractivity contribution in [3.63, 3.8) is 0 Å². The zero-order valence-electron chi connectivity index (χ0n) is 10.2. The molecule has 4 heteroatoms. The van der Waals surface area contributed by atoms with Crippen molar-refractivity contribution in [2.45, 2.75) is 13.5 Å². The number of hydrogen-bond acceptors (Lipinski definition) is 3. The molecular weight excluding hydrogens is 248 g/mol. The van der Waals surface area contributed by atoms with E-state index in [-0.39, 0.29) is 0 Å². The van der Waals surface area contributed by atoms with Crippen molar-refractivity contribution in [2.75, 3.05) is 6.54 Å². The monoisotopic (exact) mass is 262 g/mol. The highest BCUT2D eigenvalue weighted by molar-refractivity contribution is 6.30. The lowest BCUT2D eigenvalue weighted by molar-refractivity contribution is 0.462. The van der Waals surface area contributed by atoms with Crippen molar-refractivity contribution in [1.82, 2.24) is 10.3 Å². The summed E-state index contributed by atoms with van der Waals surface area (Å²) in [6.45, 7) is 3.83. The Balaban J connectivity index is 2.06. The molecule has 0 saturated heterocycles. The second kappa shape index (κ2) is 6.38. The van der Waals surface area contributed by atoms with Gasteiger partial charge in [-0.1, -0.05) is 18.5 Å². The highest BCUT2D eigenvalue weighted by Crippen LogP contribution is 2.21. The maximum atomic E-state index is 5.82. The van der Waals surface area contributed by atoms with Crippen LogP contribution in [0.5, 0.6) is 11.6 Å². The van der Waals surface area contributed by atoms with Crippen molar-refractivity contribution in [2.24, 2.45) is 0 Å². The third kappa shape index (κ3) is 3.72. The Morgan fingerprint density at radius 1 is 1.22 bits per heavy atom. The molecule has 18 heavy (non-hydrogen) atoms. The summed E-state index contributed by atoms with van der Waals surface area (Å²) in [6, 6.07) is 11.1. The van der Waals surface area contributed by atoms with Crippen LogP contribution in [0.4, 0.5) is 0 Å². The summed E-state index contributed by atoms with van der Waals surface area (Å²) in [5.41, 5.74) is 1.15. The van der Waals surface area contributed by atoms with E-state index in [1.165, 1.54) is 0 Å². The van der Waals surface area contributed by atoms with Crippen LogP contribution >= 0.6 is 11.6 Å². The average Bonchev–Trinajstić information content (AvgIpc) is 2.40. The van der Waals surface area contributed by atoms with E-state index in [9.17, 15) is 0 Å². The first-order valence-corrected chi connectivity index (χ1v) is 6.25. The van der Waals surface area contributed by atoms with Crippen LogP contribution in [0.2, 0.25) is 5.02 Å². The van der Waals surface area contributed by atoms with Gasteiger partial charge in [-0.15, -0.1) is 0 Å². The van der Waals surface area contributed by atoms with Gasteiger partial charge in [0.25, 0.3) is 0 Å². The molecule has 1 N–H and O–H groups in total. The highest BCUT2D eigenvalue weighted by Gasteiger charge is 2.00. The molecule has 0 aliphatic carbocycles. The number of nitrogens with zero attached hydrogens (tertiary/aromatic N) is 1. The minimum atomic E-state index is 0.590. The van der Waals surface area contributed by atoms with E-state index in [0.717, 1.165) is 24.4 Å².